The number of amides is 1. The topological polar surface area (TPSA) is 76.2 Å². The molecular formula is C21H21N3O3S. The summed E-state index contributed by atoms with van der Waals surface area (Å²) >= 11 is 1.74. The van der Waals surface area contributed by atoms with E-state index in [0.29, 0.717) is 5.75 Å². The molecule has 0 saturated heterocycles. The minimum atomic E-state index is -0.172. The van der Waals surface area contributed by atoms with Crippen molar-refractivity contribution in [3.05, 3.63) is 59.9 Å². The van der Waals surface area contributed by atoms with E-state index in [-0.39, 0.29) is 18.7 Å². The smallest absolute Gasteiger partial charge is 0.244 e. The Morgan fingerprint density at radius 3 is 3.00 bits per heavy atom. The van der Waals surface area contributed by atoms with E-state index in [4.69, 9.17) is 9.47 Å². The van der Waals surface area contributed by atoms with E-state index < -0.39 is 0 Å². The number of fused-ring (bicyclic) bond motifs is 2. The largest absolute Gasteiger partial charge is 0.454 e. The third-order valence-electron chi connectivity index (χ3n) is 4.49. The maximum Gasteiger partial charge on any atom is 0.244 e. The van der Waals surface area contributed by atoms with Crippen molar-refractivity contribution in [2.24, 2.45) is 0 Å². The zero-order chi connectivity index (χ0) is 19.3. The average molecular weight is 395 g/mol. The van der Waals surface area contributed by atoms with E-state index in [1.165, 1.54) is 6.08 Å². The highest BCUT2D eigenvalue weighted by atomic mass is 32.2. The summed E-state index contributed by atoms with van der Waals surface area (Å²) in [4.78, 5) is 20.5. The quantitative estimate of drug-likeness (QED) is 0.593. The number of aromatic nitrogens is 2. The molecule has 1 unspecified atom stereocenters. The summed E-state index contributed by atoms with van der Waals surface area (Å²) in [5.41, 5.74) is 2.75. The lowest BCUT2D eigenvalue weighted by molar-refractivity contribution is -0.117. The number of imidazole rings is 1. The second-order valence-electron chi connectivity index (χ2n) is 6.43. The van der Waals surface area contributed by atoms with E-state index in [2.05, 4.69) is 21.5 Å². The molecule has 28 heavy (non-hydrogen) atoms. The predicted octanol–water partition coefficient (Wildman–Crippen LogP) is 3.92. The Balaban J connectivity index is 1.47. The number of thioether (sulfide) groups is 1. The number of H-pyrrole nitrogens is 1. The second-order valence-corrected chi connectivity index (χ2v) is 7.41. The highest BCUT2D eigenvalue weighted by molar-refractivity contribution is 7.98. The van der Waals surface area contributed by atoms with Gasteiger partial charge in [-0.05, 0) is 54.3 Å². The fourth-order valence-electron chi connectivity index (χ4n) is 3.06. The molecular weight excluding hydrogens is 374 g/mol. The summed E-state index contributed by atoms with van der Waals surface area (Å²) in [6, 6.07) is 13.3. The Morgan fingerprint density at radius 2 is 2.14 bits per heavy atom. The Bertz CT molecular complexity index is 982. The first-order chi connectivity index (χ1) is 13.7. The van der Waals surface area contributed by atoms with Gasteiger partial charge in [0.15, 0.2) is 11.5 Å². The van der Waals surface area contributed by atoms with Crippen LogP contribution in [0.25, 0.3) is 17.1 Å². The number of nitrogens with one attached hydrogen (secondary N) is 2. The van der Waals surface area contributed by atoms with Gasteiger partial charge in [-0.25, -0.2) is 4.98 Å². The molecule has 6 nitrogen and oxygen atoms in total. The predicted molar refractivity (Wildman–Crippen MR) is 112 cm³/mol. The van der Waals surface area contributed by atoms with Crippen molar-refractivity contribution in [2.45, 2.75) is 12.5 Å². The fraction of sp³-hybridized carbons (Fsp3) is 0.238. The van der Waals surface area contributed by atoms with Crippen LogP contribution >= 0.6 is 11.8 Å². The lowest BCUT2D eigenvalue weighted by atomic mass is 10.1. The number of aromatic amines is 1. The standard InChI is InChI=1S/C21H21N3O3S/c1-28-11-10-17(21-23-15-4-2-3-5-16(15)24-21)22-20(25)9-7-14-6-8-18-19(12-14)27-13-26-18/h2-9,12,17H,10-11,13H2,1H3,(H,22,25)(H,23,24)/b9-7+. The zero-order valence-electron chi connectivity index (χ0n) is 15.5. The molecule has 0 spiro atoms. The maximum atomic E-state index is 12.5. The van der Waals surface area contributed by atoms with Gasteiger partial charge in [0.2, 0.25) is 12.7 Å². The van der Waals surface area contributed by atoms with Crippen LogP contribution in [0.2, 0.25) is 0 Å². The van der Waals surface area contributed by atoms with Gasteiger partial charge in [-0.2, -0.15) is 11.8 Å². The van der Waals surface area contributed by atoms with Gasteiger partial charge in [-0.1, -0.05) is 18.2 Å². The van der Waals surface area contributed by atoms with Crippen LogP contribution in [-0.2, 0) is 4.79 Å². The van der Waals surface area contributed by atoms with Crippen LogP contribution < -0.4 is 14.8 Å². The molecule has 2 heterocycles. The number of carbonyl (C=O) groups is 1. The highest BCUT2D eigenvalue weighted by Gasteiger charge is 2.17. The number of hydrogen-bond acceptors (Lipinski definition) is 5. The van der Waals surface area contributed by atoms with E-state index >= 15 is 0 Å². The third-order valence-corrected chi connectivity index (χ3v) is 5.13. The molecule has 7 heteroatoms. The van der Waals surface area contributed by atoms with Crippen LogP contribution in [0.4, 0.5) is 0 Å². The molecule has 0 bridgehead atoms. The molecule has 1 aromatic heterocycles. The van der Waals surface area contributed by atoms with Crippen molar-refractivity contribution in [3.63, 3.8) is 0 Å². The number of hydrogen-bond donors (Lipinski definition) is 2. The number of nitrogens with zero attached hydrogens (tertiary/aromatic N) is 1. The third kappa shape index (κ3) is 4.14. The van der Waals surface area contributed by atoms with E-state index in [0.717, 1.165) is 40.3 Å². The molecule has 4 rings (SSSR count). The maximum absolute atomic E-state index is 12.5. The minimum absolute atomic E-state index is 0.163. The zero-order valence-corrected chi connectivity index (χ0v) is 16.3. The van der Waals surface area contributed by atoms with Gasteiger partial charge < -0.3 is 19.8 Å². The number of ether oxygens (including phenoxy) is 2. The van der Waals surface area contributed by atoms with Crippen molar-refractivity contribution in [1.29, 1.82) is 0 Å². The lowest BCUT2D eigenvalue weighted by Crippen LogP contribution is -2.28. The summed E-state index contributed by atoms with van der Waals surface area (Å²) < 4.78 is 10.7. The molecule has 1 aliphatic heterocycles. The Morgan fingerprint density at radius 1 is 1.29 bits per heavy atom. The van der Waals surface area contributed by atoms with E-state index in [1.54, 1.807) is 17.8 Å². The minimum Gasteiger partial charge on any atom is -0.454 e. The van der Waals surface area contributed by atoms with Crippen molar-refractivity contribution < 1.29 is 14.3 Å². The number of rotatable bonds is 7. The first kappa shape index (κ1) is 18.4. The number of carbonyl (C=O) groups excluding carboxylic acids is 1. The first-order valence-corrected chi connectivity index (χ1v) is 10.4. The molecule has 1 amide bonds. The Hall–Kier alpha value is -2.93. The van der Waals surface area contributed by atoms with Crippen molar-refractivity contribution in [1.82, 2.24) is 15.3 Å². The van der Waals surface area contributed by atoms with Gasteiger partial charge in [0.25, 0.3) is 0 Å². The Labute approximate surface area is 167 Å². The average Bonchev–Trinajstić information content (AvgIpc) is 3.35. The molecule has 1 aliphatic rings. The molecule has 1 atom stereocenters. The molecule has 2 aromatic carbocycles. The summed E-state index contributed by atoms with van der Waals surface area (Å²) in [6.45, 7) is 0.234. The van der Waals surface area contributed by atoms with Crippen LogP contribution in [0.1, 0.15) is 23.9 Å². The van der Waals surface area contributed by atoms with Gasteiger partial charge in [-0.3, -0.25) is 4.79 Å². The van der Waals surface area contributed by atoms with Crippen LogP contribution in [0.5, 0.6) is 11.5 Å². The number of benzene rings is 2. The van der Waals surface area contributed by atoms with Gasteiger partial charge in [0.1, 0.15) is 5.82 Å². The van der Waals surface area contributed by atoms with Crippen molar-refractivity contribution in [2.75, 3.05) is 18.8 Å². The molecule has 3 aromatic rings. The van der Waals surface area contributed by atoms with Gasteiger partial charge in [0.05, 0.1) is 17.1 Å². The molecule has 2 N–H and O–H groups in total. The second kappa shape index (κ2) is 8.39. The van der Waals surface area contributed by atoms with Crippen LogP contribution in [0.15, 0.2) is 48.5 Å². The summed E-state index contributed by atoms with van der Waals surface area (Å²) in [7, 11) is 0. The molecule has 144 valence electrons. The van der Waals surface area contributed by atoms with Crippen molar-refractivity contribution >= 4 is 34.8 Å². The monoisotopic (exact) mass is 395 g/mol. The Kier molecular flexibility index (Phi) is 5.53. The van der Waals surface area contributed by atoms with Gasteiger partial charge >= 0.3 is 0 Å². The van der Waals surface area contributed by atoms with Gasteiger partial charge in [-0.15, -0.1) is 0 Å². The van der Waals surface area contributed by atoms with Crippen LogP contribution in [0, 0.1) is 0 Å². The normalized spacial score (nSPS) is 13.9. The summed E-state index contributed by atoms with van der Waals surface area (Å²) in [5, 5.41) is 3.06. The first-order valence-electron chi connectivity index (χ1n) is 9.05. The SMILES string of the molecule is CSCCC(NC(=O)/C=C/c1ccc2c(c1)OCO2)c1nc2ccccc2[nH]1. The molecule has 0 aliphatic carbocycles. The van der Waals surface area contributed by atoms with Crippen molar-refractivity contribution in [3.8, 4) is 11.5 Å². The highest BCUT2D eigenvalue weighted by Crippen LogP contribution is 2.32. The van der Waals surface area contributed by atoms with E-state index in [9.17, 15) is 4.79 Å². The molecule has 0 radical (unpaired) electrons. The summed E-state index contributed by atoms with van der Waals surface area (Å²) in [5.74, 6) is 2.96. The van der Waals surface area contributed by atoms with Crippen LogP contribution in [0.3, 0.4) is 0 Å². The van der Waals surface area contributed by atoms with E-state index in [1.807, 2.05) is 42.5 Å². The molecule has 0 saturated carbocycles. The van der Waals surface area contributed by atoms with Crippen LogP contribution in [-0.4, -0.2) is 34.7 Å². The lowest BCUT2D eigenvalue weighted by Gasteiger charge is -2.15. The fourth-order valence-corrected chi connectivity index (χ4v) is 3.53. The molecule has 0 fully saturated rings. The number of para-hydroxylation sites is 2. The van der Waals surface area contributed by atoms with Gasteiger partial charge in [0, 0.05) is 6.08 Å². The summed E-state index contributed by atoms with van der Waals surface area (Å²) in [6.07, 6.45) is 6.15.